The van der Waals surface area contributed by atoms with Gasteiger partial charge in [-0.1, -0.05) is 0 Å². The molecule has 0 spiro atoms. The third kappa shape index (κ3) is 1.93. The maximum absolute atomic E-state index is 12.0. The first kappa shape index (κ1) is 10.7. The number of thiophene rings is 1. The van der Waals surface area contributed by atoms with Crippen molar-refractivity contribution in [3.05, 3.63) is 21.4 Å². The summed E-state index contributed by atoms with van der Waals surface area (Å²) in [6.45, 7) is 1.49. The lowest BCUT2D eigenvalue weighted by Crippen LogP contribution is -2.21. The van der Waals surface area contributed by atoms with Crippen LogP contribution >= 0.6 is 11.3 Å². The highest BCUT2D eigenvalue weighted by Crippen LogP contribution is 2.28. The highest BCUT2D eigenvalue weighted by molar-refractivity contribution is 7.14. The van der Waals surface area contributed by atoms with E-state index < -0.39 is 16.8 Å². The van der Waals surface area contributed by atoms with Crippen LogP contribution in [0.1, 0.15) is 20.1 Å². The first-order valence-electron chi connectivity index (χ1n) is 3.48. The molecule has 0 unspecified atom stereocenters. The number of rotatable bonds is 1. The van der Waals surface area contributed by atoms with Gasteiger partial charge in [-0.15, -0.1) is 11.3 Å². The molecule has 0 bridgehead atoms. The number of nitriles is 1. The van der Waals surface area contributed by atoms with Crippen molar-refractivity contribution in [2.45, 2.75) is 13.1 Å². The second kappa shape index (κ2) is 3.42. The van der Waals surface area contributed by atoms with Crippen molar-refractivity contribution in [2.75, 3.05) is 0 Å². The zero-order chi connectivity index (χ0) is 10.9. The van der Waals surface area contributed by atoms with Crippen LogP contribution in [-0.4, -0.2) is 12.0 Å². The van der Waals surface area contributed by atoms with Crippen LogP contribution in [0.25, 0.3) is 0 Å². The van der Waals surface area contributed by atoms with Crippen LogP contribution in [-0.2, 0) is 0 Å². The Hall–Kier alpha value is -1.35. The summed E-state index contributed by atoms with van der Waals surface area (Å²) in [7, 11) is 0. The third-order valence-corrected chi connectivity index (χ3v) is 2.64. The number of carbonyl (C=O) groups excluding carboxylic acids is 1. The van der Waals surface area contributed by atoms with E-state index in [0.717, 1.165) is 6.07 Å². The summed E-state index contributed by atoms with van der Waals surface area (Å²) in [4.78, 5) is 10.4. The van der Waals surface area contributed by atoms with Crippen LogP contribution in [0.3, 0.4) is 0 Å². The van der Waals surface area contributed by atoms with Crippen molar-refractivity contribution >= 4 is 17.1 Å². The molecule has 0 radical (unpaired) electrons. The minimum atomic E-state index is -4.87. The molecule has 6 heteroatoms. The van der Waals surface area contributed by atoms with Gasteiger partial charge in [0, 0.05) is 0 Å². The normalized spacial score (nSPS) is 11.1. The summed E-state index contributed by atoms with van der Waals surface area (Å²) in [5.74, 6) is -1.90. The lowest BCUT2D eigenvalue weighted by Gasteiger charge is -2.00. The van der Waals surface area contributed by atoms with Gasteiger partial charge in [0.05, 0.1) is 4.88 Å². The molecule has 0 atom stereocenters. The van der Waals surface area contributed by atoms with Crippen LogP contribution in [0, 0.1) is 18.3 Å². The maximum atomic E-state index is 12.0. The molecular weight excluding hydrogens is 215 g/mol. The van der Waals surface area contributed by atoms with Gasteiger partial charge in [0.2, 0.25) is 0 Å². The Morgan fingerprint density at radius 3 is 2.50 bits per heavy atom. The van der Waals surface area contributed by atoms with Crippen molar-refractivity contribution in [3.63, 3.8) is 0 Å². The Balaban J connectivity index is 3.11. The second-order valence-corrected chi connectivity index (χ2v) is 3.61. The molecule has 0 saturated carbocycles. The lowest BCUT2D eigenvalue weighted by atomic mass is 10.2. The maximum Gasteiger partial charge on any atom is 0.455 e. The molecule has 14 heavy (non-hydrogen) atoms. The minimum absolute atomic E-state index is 0.137. The van der Waals surface area contributed by atoms with Gasteiger partial charge in [-0.3, -0.25) is 4.79 Å². The molecule has 0 aromatic carbocycles. The van der Waals surface area contributed by atoms with Crippen LogP contribution in [0.5, 0.6) is 0 Å². The molecule has 1 aromatic rings. The number of carbonyl (C=O) groups is 1. The van der Waals surface area contributed by atoms with Crippen LogP contribution in [0.15, 0.2) is 6.07 Å². The third-order valence-electron chi connectivity index (χ3n) is 1.50. The lowest BCUT2D eigenvalue weighted by molar-refractivity contribution is -0.0882. The van der Waals surface area contributed by atoms with Gasteiger partial charge in [0.1, 0.15) is 10.9 Å². The number of Topliss-reactive ketones (excluding diaryl/α,β-unsaturated/α-hetero) is 1. The number of alkyl halides is 3. The SMILES string of the molecule is Cc1cc(C(=O)C(F)(F)F)sc1C#N. The molecule has 1 heterocycles. The molecule has 0 amide bonds. The van der Waals surface area contributed by atoms with E-state index in [9.17, 15) is 18.0 Å². The van der Waals surface area contributed by atoms with Gasteiger partial charge in [-0.05, 0) is 18.6 Å². The topological polar surface area (TPSA) is 40.9 Å². The van der Waals surface area contributed by atoms with Gasteiger partial charge < -0.3 is 0 Å². The molecule has 0 saturated heterocycles. The highest BCUT2D eigenvalue weighted by Gasteiger charge is 2.40. The number of nitrogens with zero attached hydrogens (tertiary/aromatic N) is 1. The zero-order valence-corrected chi connectivity index (χ0v) is 7.79. The number of aryl methyl sites for hydroxylation is 1. The van der Waals surface area contributed by atoms with Gasteiger partial charge >= 0.3 is 6.18 Å². The smallest absolute Gasteiger partial charge is 0.283 e. The Bertz CT molecular complexity index is 413. The summed E-state index contributed by atoms with van der Waals surface area (Å²) in [5, 5.41) is 8.48. The van der Waals surface area contributed by atoms with E-state index >= 15 is 0 Å². The van der Waals surface area contributed by atoms with E-state index in [-0.39, 0.29) is 4.88 Å². The molecule has 0 aliphatic heterocycles. The molecule has 74 valence electrons. The number of hydrogen-bond acceptors (Lipinski definition) is 3. The van der Waals surface area contributed by atoms with Gasteiger partial charge in [0.25, 0.3) is 5.78 Å². The average Bonchev–Trinajstić information content (AvgIpc) is 2.43. The first-order valence-corrected chi connectivity index (χ1v) is 4.30. The van der Waals surface area contributed by atoms with Crippen LogP contribution in [0.2, 0.25) is 0 Å². The predicted molar refractivity (Wildman–Crippen MR) is 44.2 cm³/mol. The van der Waals surface area contributed by atoms with Crippen LogP contribution in [0.4, 0.5) is 13.2 Å². The molecule has 0 N–H and O–H groups in total. The van der Waals surface area contributed by atoms with Crippen molar-refractivity contribution in [2.24, 2.45) is 0 Å². The average molecular weight is 219 g/mol. The van der Waals surface area contributed by atoms with Gasteiger partial charge in [0.15, 0.2) is 0 Å². The van der Waals surface area contributed by atoms with Crippen LogP contribution < -0.4 is 0 Å². The fraction of sp³-hybridized carbons (Fsp3) is 0.250. The first-order chi connectivity index (χ1) is 6.36. The Morgan fingerprint density at radius 1 is 1.57 bits per heavy atom. The summed E-state index contributed by atoms with van der Waals surface area (Å²) in [6, 6.07) is 2.80. The van der Waals surface area contributed by atoms with Crippen molar-refractivity contribution in [1.82, 2.24) is 0 Å². The minimum Gasteiger partial charge on any atom is -0.283 e. The predicted octanol–water partition coefficient (Wildman–Crippen LogP) is 2.67. The molecule has 1 rings (SSSR count). The monoisotopic (exact) mass is 219 g/mol. The van der Waals surface area contributed by atoms with E-state index in [1.54, 1.807) is 6.07 Å². The van der Waals surface area contributed by atoms with E-state index in [0.29, 0.717) is 16.9 Å². The number of halogens is 3. The van der Waals surface area contributed by atoms with Crippen molar-refractivity contribution in [3.8, 4) is 6.07 Å². The van der Waals surface area contributed by atoms with E-state index in [2.05, 4.69) is 0 Å². The van der Waals surface area contributed by atoms with E-state index in [1.165, 1.54) is 6.92 Å². The molecule has 0 aliphatic rings. The molecule has 1 aromatic heterocycles. The summed E-state index contributed by atoms with van der Waals surface area (Å²) < 4.78 is 35.9. The molecule has 2 nitrogen and oxygen atoms in total. The summed E-state index contributed by atoms with van der Waals surface area (Å²) >= 11 is 0.564. The van der Waals surface area contributed by atoms with Gasteiger partial charge in [-0.2, -0.15) is 18.4 Å². The highest BCUT2D eigenvalue weighted by atomic mass is 32.1. The Morgan fingerprint density at radius 2 is 2.14 bits per heavy atom. The zero-order valence-electron chi connectivity index (χ0n) is 6.97. The summed E-state index contributed by atoms with van der Waals surface area (Å²) in [5.41, 5.74) is 0.394. The largest absolute Gasteiger partial charge is 0.455 e. The quantitative estimate of drug-likeness (QED) is 0.681. The number of ketones is 1. The fourth-order valence-electron chi connectivity index (χ4n) is 0.845. The summed E-state index contributed by atoms with van der Waals surface area (Å²) in [6.07, 6.45) is -4.87. The van der Waals surface area contributed by atoms with Crippen molar-refractivity contribution < 1.29 is 18.0 Å². The standard InChI is InChI=1S/C8H4F3NOS/c1-4-2-5(14-6(4)3-12)7(13)8(9,10)11/h2H,1H3. The van der Waals surface area contributed by atoms with E-state index in [4.69, 9.17) is 5.26 Å². The molecular formula is C8H4F3NOS. The molecule has 0 aliphatic carbocycles. The van der Waals surface area contributed by atoms with Gasteiger partial charge in [-0.25, -0.2) is 0 Å². The number of hydrogen-bond donors (Lipinski definition) is 0. The Labute approximate surface area is 81.6 Å². The Kier molecular flexibility index (Phi) is 2.62. The molecule has 0 fully saturated rings. The second-order valence-electron chi connectivity index (χ2n) is 2.56. The van der Waals surface area contributed by atoms with Crippen molar-refractivity contribution in [1.29, 1.82) is 5.26 Å². The van der Waals surface area contributed by atoms with E-state index in [1.807, 2.05) is 0 Å². The fourth-order valence-corrected chi connectivity index (χ4v) is 1.77.